The number of hydrogen-bond donors (Lipinski definition) is 2. The second-order valence-corrected chi connectivity index (χ2v) is 5.04. The van der Waals surface area contributed by atoms with Crippen LogP contribution in [-0.4, -0.2) is 35.5 Å². The average Bonchev–Trinajstić information content (AvgIpc) is 2.78. The average molecular weight is 261 g/mol. The Labute approximate surface area is 114 Å². The summed E-state index contributed by atoms with van der Waals surface area (Å²) in [6.07, 6.45) is 4.25. The monoisotopic (exact) mass is 261 g/mol. The number of piperidine rings is 1. The molecule has 1 aromatic rings. The highest BCUT2D eigenvalue weighted by Gasteiger charge is 2.20. The van der Waals surface area contributed by atoms with Crippen molar-refractivity contribution in [3.63, 3.8) is 0 Å². The fraction of sp³-hybridized carbons (Fsp3) is 0.571. The van der Waals surface area contributed by atoms with E-state index in [0.29, 0.717) is 6.04 Å². The second kappa shape index (κ2) is 6.02. The second-order valence-electron chi connectivity index (χ2n) is 5.04. The van der Waals surface area contributed by atoms with E-state index in [0.717, 1.165) is 43.2 Å². The molecule has 104 valence electrons. The number of aliphatic imine (C=N–C) groups is 1. The van der Waals surface area contributed by atoms with E-state index in [2.05, 4.69) is 38.7 Å². The van der Waals surface area contributed by atoms with Crippen LogP contribution in [0.2, 0.25) is 0 Å². The number of aromatic nitrogens is 2. The summed E-state index contributed by atoms with van der Waals surface area (Å²) in [5.74, 6) is 0.790. The van der Waals surface area contributed by atoms with Crippen molar-refractivity contribution in [3.8, 4) is 0 Å². The lowest BCUT2D eigenvalue weighted by atomic mass is 10.1. The molecule has 0 spiro atoms. The Morgan fingerprint density at radius 3 is 2.79 bits per heavy atom. The number of rotatable bonds is 3. The first-order valence-electron chi connectivity index (χ1n) is 6.77. The predicted octanol–water partition coefficient (Wildman–Crippen LogP) is 1.62. The zero-order chi connectivity index (χ0) is 13.8. The van der Waals surface area contributed by atoms with Gasteiger partial charge in [0.25, 0.3) is 0 Å². The Bertz CT molecular complexity index is 480. The molecule has 0 unspecified atom stereocenters. The Morgan fingerprint density at radius 1 is 1.53 bits per heavy atom. The minimum absolute atomic E-state index is 0.547. The van der Waals surface area contributed by atoms with Gasteiger partial charge in [-0.2, -0.15) is 0 Å². The highest BCUT2D eigenvalue weighted by atomic mass is 15.1. The lowest BCUT2D eigenvalue weighted by molar-refractivity contribution is 0.363. The molecule has 1 fully saturated rings. The molecule has 1 aromatic heterocycles. The maximum atomic E-state index is 4.52. The number of amidine groups is 1. The molecule has 2 heterocycles. The van der Waals surface area contributed by atoms with Gasteiger partial charge in [-0.05, 0) is 39.8 Å². The van der Waals surface area contributed by atoms with E-state index in [1.54, 1.807) is 7.05 Å². The van der Waals surface area contributed by atoms with Gasteiger partial charge >= 0.3 is 0 Å². The summed E-state index contributed by atoms with van der Waals surface area (Å²) in [4.78, 5) is 8.80. The van der Waals surface area contributed by atoms with Crippen LogP contribution in [0.4, 0.5) is 0 Å². The van der Waals surface area contributed by atoms with Crippen LogP contribution in [0.3, 0.4) is 0 Å². The highest BCUT2D eigenvalue weighted by molar-refractivity contribution is 5.98. The minimum Gasteiger partial charge on any atom is -0.343 e. The highest BCUT2D eigenvalue weighted by Crippen LogP contribution is 2.21. The SMILES string of the molecule is C=C(C)NC(=NC)c1ncn(C2CCNCC2)c1C. The molecule has 0 radical (unpaired) electrons. The van der Waals surface area contributed by atoms with Crippen molar-refractivity contribution >= 4 is 5.84 Å². The van der Waals surface area contributed by atoms with Crippen molar-refractivity contribution < 1.29 is 0 Å². The quantitative estimate of drug-likeness (QED) is 0.642. The first kappa shape index (κ1) is 13.8. The van der Waals surface area contributed by atoms with Gasteiger partial charge < -0.3 is 15.2 Å². The summed E-state index contributed by atoms with van der Waals surface area (Å²) in [6.45, 7) is 10.0. The molecule has 0 amide bonds. The molecule has 0 atom stereocenters. The molecule has 2 rings (SSSR count). The van der Waals surface area contributed by atoms with Crippen LogP contribution in [0.5, 0.6) is 0 Å². The van der Waals surface area contributed by atoms with Gasteiger partial charge in [0.1, 0.15) is 5.69 Å². The van der Waals surface area contributed by atoms with E-state index < -0.39 is 0 Å². The first-order valence-corrected chi connectivity index (χ1v) is 6.77. The number of nitrogens with one attached hydrogen (secondary N) is 2. The number of imidazole rings is 1. The fourth-order valence-corrected chi connectivity index (χ4v) is 2.53. The lowest BCUT2D eigenvalue weighted by Gasteiger charge is -2.25. The summed E-state index contributed by atoms with van der Waals surface area (Å²) in [5, 5.41) is 6.56. The van der Waals surface area contributed by atoms with Crippen molar-refractivity contribution in [3.05, 3.63) is 30.0 Å². The van der Waals surface area contributed by atoms with Crippen LogP contribution in [-0.2, 0) is 0 Å². The van der Waals surface area contributed by atoms with Gasteiger partial charge in [-0.25, -0.2) is 4.98 Å². The van der Waals surface area contributed by atoms with Crippen LogP contribution in [0.25, 0.3) is 0 Å². The lowest BCUT2D eigenvalue weighted by Crippen LogP contribution is -2.30. The predicted molar refractivity (Wildman–Crippen MR) is 78.5 cm³/mol. The fourth-order valence-electron chi connectivity index (χ4n) is 2.53. The molecule has 0 aromatic carbocycles. The topological polar surface area (TPSA) is 54.2 Å². The van der Waals surface area contributed by atoms with E-state index in [1.165, 1.54) is 5.69 Å². The smallest absolute Gasteiger partial charge is 0.153 e. The Balaban J connectivity index is 2.23. The molecule has 5 heteroatoms. The minimum atomic E-state index is 0.547. The first-order chi connectivity index (χ1) is 9.13. The third-order valence-corrected chi connectivity index (χ3v) is 3.52. The molecule has 1 aliphatic rings. The van der Waals surface area contributed by atoms with E-state index in [9.17, 15) is 0 Å². The molecule has 2 N–H and O–H groups in total. The van der Waals surface area contributed by atoms with Gasteiger partial charge in [-0.3, -0.25) is 4.99 Å². The zero-order valence-electron chi connectivity index (χ0n) is 12.0. The normalized spacial score (nSPS) is 17.5. The molecule has 1 saturated heterocycles. The van der Waals surface area contributed by atoms with Gasteiger partial charge in [0, 0.05) is 24.5 Å². The maximum Gasteiger partial charge on any atom is 0.153 e. The van der Waals surface area contributed by atoms with E-state index in [1.807, 2.05) is 13.3 Å². The molecule has 5 nitrogen and oxygen atoms in total. The van der Waals surface area contributed by atoms with Crippen molar-refractivity contribution in [2.24, 2.45) is 4.99 Å². The molecule has 0 aliphatic carbocycles. The Hall–Kier alpha value is -1.62. The van der Waals surface area contributed by atoms with E-state index in [4.69, 9.17) is 0 Å². The van der Waals surface area contributed by atoms with Crippen LogP contribution in [0.1, 0.15) is 37.2 Å². The molecular formula is C14H23N5. The number of hydrogen-bond acceptors (Lipinski definition) is 3. The number of nitrogens with zero attached hydrogens (tertiary/aromatic N) is 3. The largest absolute Gasteiger partial charge is 0.343 e. The standard InChI is InChI=1S/C14H23N5/c1-10(2)18-14(15-4)13-11(3)19(9-17-13)12-5-7-16-8-6-12/h9,12,16H,1,5-8H2,2-4H3,(H,15,18). The van der Waals surface area contributed by atoms with Crippen LogP contribution >= 0.6 is 0 Å². The summed E-state index contributed by atoms with van der Waals surface area (Å²) < 4.78 is 2.28. The molecule has 19 heavy (non-hydrogen) atoms. The van der Waals surface area contributed by atoms with Crippen LogP contribution < -0.4 is 10.6 Å². The maximum absolute atomic E-state index is 4.52. The van der Waals surface area contributed by atoms with Gasteiger partial charge in [-0.1, -0.05) is 6.58 Å². The van der Waals surface area contributed by atoms with Crippen LogP contribution in [0, 0.1) is 6.92 Å². The van der Waals surface area contributed by atoms with Crippen molar-refractivity contribution in [1.82, 2.24) is 20.2 Å². The van der Waals surface area contributed by atoms with Crippen molar-refractivity contribution in [1.29, 1.82) is 0 Å². The zero-order valence-corrected chi connectivity index (χ0v) is 12.0. The molecule has 0 bridgehead atoms. The van der Waals surface area contributed by atoms with Gasteiger partial charge in [0.15, 0.2) is 5.84 Å². The molecular weight excluding hydrogens is 238 g/mol. The summed E-state index contributed by atoms with van der Waals surface area (Å²) >= 11 is 0. The van der Waals surface area contributed by atoms with Gasteiger partial charge in [0.2, 0.25) is 0 Å². The Kier molecular flexibility index (Phi) is 4.37. The summed E-state index contributed by atoms with van der Waals surface area (Å²) in [6, 6.07) is 0.547. The third kappa shape index (κ3) is 3.04. The Morgan fingerprint density at radius 2 is 2.21 bits per heavy atom. The summed E-state index contributed by atoms with van der Waals surface area (Å²) in [7, 11) is 1.77. The van der Waals surface area contributed by atoms with Crippen LogP contribution in [0.15, 0.2) is 23.6 Å². The molecule has 1 aliphatic heterocycles. The van der Waals surface area contributed by atoms with Crippen molar-refractivity contribution in [2.75, 3.05) is 20.1 Å². The van der Waals surface area contributed by atoms with Crippen molar-refractivity contribution in [2.45, 2.75) is 32.7 Å². The van der Waals surface area contributed by atoms with E-state index >= 15 is 0 Å². The molecule has 0 saturated carbocycles. The third-order valence-electron chi connectivity index (χ3n) is 3.52. The van der Waals surface area contributed by atoms with Gasteiger partial charge in [0.05, 0.1) is 6.33 Å². The summed E-state index contributed by atoms with van der Waals surface area (Å²) in [5.41, 5.74) is 2.96. The van der Waals surface area contributed by atoms with E-state index in [-0.39, 0.29) is 0 Å². The number of allylic oxidation sites excluding steroid dienone is 1. The van der Waals surface area contributed by atoms with Gasteiger partial charge in [-0.15, -0.1) is 0 Å².